The Kier molecular flexibility index (Phi) is 5.68. The van der Waals surface area contributed by atoms with Crippen LogP contribution in [0.25, 0.3) is 0 Å². The number of nitrogens with two attached hydrogens (primary N) is 1. The van der Waals surface area contributed by atoms with Gasteiger partial charge < -0.3 is 15.2 Å². The molecule has 3 rings (SSSR count). The summed E-state index contributed by atoms with van der Waals surface area (Å²) in [6.45, 7) is 0. The van der Waals surface area contributed by atoms with E-state index in [-0.39, 0.29) is 16.7 Å². The molecule has 0 bridgehead atoms. The summed E-state index contributed by atoms with van der Waals surface area (Å²) in [5, 5.41) is 13.0. The maximum Gasteiger partial charge on any atom is 0.240 e. The van der Waals surface area contributed by atoms with Gasteiger partial charge in [0.25, 0.3) is 0 Å². The number of sulfonamides is 1. The van der Waals surface area contributed by atoms with Gasteiger partial charge >= 0.3 is 0 Å². The average molecular weight is 458 g/mol. The van der Waals surface area contributed by atoms with Crippen molar-refractivity contribution >= 4 is 37.6 Å². The summed E-state index contributed by atoms with van der Waals surface area (Å²) in [5.41, 5.74) is 5.56. The monoisotopic (exact) mass is 457 g/mol. The van der Waals surface area contributed by atoms with Crippen molar-refractivity contribution < 1.29 is 18.3 Å². The normalized spacial score (nSPS) is 22.6. The van der Waals surface area contributed by atoms with Gasteiger partial charge in [0.1, 0.15) is 6.10 Å². The van der Waals surface area contributed by atoms with E-state index in [2.05, 4.69) is 35.9 Å². The number of aliphatic hydroxyl groups excluding tert-OH is 1. The second-order valence-corrected chi connectivity index (χ2v) is 8.91. The second kappa shape index (κ2) is 7.68. The molecule has 5 N–H and O–H groups in total. The van der Waals surface area contributed by atoms with Crippen LogP contribution in [0.4, 0.5) is 11.6 Å². The molecule has 2 unspecified atom stereocenters. The van der Waals surface area contributed by atoms with Crippen molar-refractivity contribution in [1.82, 2.24) is 14.7 Å². The van der Waals surface area contributed by atoms with Crippen molar-refractivity contribution in [1.29, 1.82) is 0 Å². The van der Waals surface area contributed by atoms with E-state index < -0.39 is 21.9 Å². The molecule has 11 heteroatoms. The summed E-state index contributed by atoms with van der Waals surface area (Å²) in [7, 11) is -2.15. The molecule has 27 heavy (non-hydrogen) atoms. The van der Waals surface area contributed by atoms with Crippen LogP contribution in [0.5, 0.6) is 5.88 Å². The Bertz CT molecular complexity index is 925. The fourth-order valence-electron chi connectivity index (χ4n) is 2.73. The van der Waals surface area contributed by atoms with Gasteiger partial charge in [0.05, 0.1) is 15.6 Å². The highest BCUT2D eigenvalue weighted by atomic mass is 79.9. The van der Waals surface area contributed by atoms with E-state index in [0.29, 0.717) is 23.0 Å². The number of anilines is 2. The number of nitrogens with zero attached hydrogens (tertiary/aromatic N) is 2. The molecule has 1 aromatic carbocycles. The largest absolute Gasteiger partial charge is 0.452 e. The lowest BCUT2D eigenvalue weighted by Gasteiger charge is -2.28. The van der Waals surface area contributed by atoms with Gasteiger partial charge in [0.15, 0.2) is 5.72 Å². The van der Waals surface area contributed by atoms with Gasteiger partial charge in [-0.3, -0.25) is 5.73 Å². The lowest BCUT2D eigenvalue weighted by Crippen LogP contribution is -2.52. The number of hydrogen-bond acceptors (Lipinski definition) is 8. The number of ether oxygens (including phenoxy) is 1. The predicted octanol–water partition coefficient (Wildman–Crippen LogP) is 1.47. The molecule has 1 aliphatic carbocycles. The van der Waals surface area contributed by atoms with Crippen molar-refractivity contribution in [2.24, 2.45) is 5.73 Å². The minimum Gasteiger partial charge on any atom is -0.452 e. The van der Waals surface area contributed by atoms with Crippen LogP contribution < -0.4 is 20.5 Å². The van der Waals surface area contributed by atoms with E-state index in [9.17, 15) is 13.5 Å². The molecular weight excluding hydrogens is 438 g/mol. The number of halogens is 1. The highest BCUT2D eigenvalue weighted by molar-refractivity contribution is 9.10. The van der Waals surface area contributed by atoms with Crippen LogP contribution in [0, 0.1) is 0 Å². The van der Waals surface area contributed by atoms with E-state index in [1.54, 1.807) is 12.1 Å². The van der Waals surface area contributed by atoms with E-state index in [4.69, 9.17) is 10.5 Å². The number of aromatic nitrogens is 2. The zero-order chi connectivity index (χ0) is 19.7. The van der Waals surface area contributed by atoms with E-state index in [1.807, 2.05) is 0 Å². The molecule has 0 radical (unpaired) electrons. The minimum absolute atomic E-state index is 0.150. The Hall–Kier alpha value is -1.79. The van der Waals surface area contributed by atoms with Crippen LogP contribution in [0.1, 0.15) is 19.3 Å². The summed E-state index contributed by atoms with van der Waals surface area (Å²) < 4.78 is 32.1. The molecule has 1 saturated carbocycles. The van der Waals surface area contributed by atoms with Crippen molar-refractivity contribution in [3.05, 3.63) is 34.9 Å². The Labute approximate surface area is 165 Å². The van der Waals surface area contributed by atoms with Crippen LogP contribution in [-0.2, 0) is 10.0 Å². The molecule has 146 valence electrons. The molecule has 0 saturated heterocycles. The highest BCUT2D eigenvalue weighted by Crippen LogP contribution is 2.33. The van der Waals surface area contributed by atoms with Crippen LogP contribution in [0.15, 0.2) is 39.8 Å². The Morgan fingerprint density at radius 1 is 1.37 bits per heavy atom. The number of rotatable bonds is 6. The second-order valence-electron chi connectivity index (χ2n) is 6.17. The van der Waals surface area contributed by atoms with Gasteiger partial charge in [-0.15, -0.1) is 0 Å². The van der Waals surface area contributed by atoms with Gasteiger partial charge in [-0.2, -0.15) is 4.98 Å². The summed E-state index contributed by atoms with van der Waals surface area (Å²) in [4.78, 5) is 8.59. The number of benzene rings is 1. The van der Waals surface area contributed by atoms with Crippen molar-refractivity contribution in [2.45, 2.75) is 36.0 Å². The number of hydrogen-bond donors (Lipinski definition) is 4. The third-order valence-corrected chi connectivity index (χ3v) is 6.27. The first-order valence-corrected chi connectivity index (χ1v) is 10.5. The highest BCUT2D eigenvalue weighted by Gasteiger charge is 2.41. The van der Waals surface area contributed by atoms with Crippen molar-refractivity contribution in [2.75, 3.05) is 12.4 Å². The molecule has 1 aliphatic rings. The third kappa shape index (κ3) is 4.38. The van der Waals surface area contributed by atoms with Gasteiger partial charge in [-0.05, 0) is 60.1 Å². The standard InChI is InChI=1S/C16H20BrN5O4S/c1-19-27(24,25)11-6-4-10(5-7-11)21-15-20-9-12(17)14(22-15)26-16(18)8-2-3-13(16)23/h4-7,9,13,19,23H,2-3,8,18H2,1H3,(H,20,21,22). The average Bonchev–Trinajstić information content (AvgIpc) is 2.97. The third-order valence-electron chi connectivity index (χ3n) is 4.30. The molecule has 1 heterocycles. The summed E-state index contributed by atoms with van der Waals surface area (Å²) in [6.07, 6.45) is 2.61. The lowest BCUT2D eigenvalue weighted by atomic mass is 10.1. The zero-order valence-corrected chi connectivity index (χ0v) is 16.9. The SMILES string of the molecule is CNS(=O)(=O)c1ccc(Nc2ncc(Br)c(OC3(N)CCCC3O)n2)cc1. The predicted molar refractivity (Wildman–Crippen MR) is 103 cm³/mol. The fraction of sp³-hybridized carbons (Fsp3) is 0.375. The lowest BCUT2D eigenvalue weighted by molar-refractivity contribution is -0.0307. The molecule has 0 amide bonds. The maximum absolute atomic E-state index is 11.8. The Morgan fingerprint density at radius 3 is 2.67 bits per heavy atom. The van der Waals surface area contributed by atoms with Gasteiger partial charge in [0, 0.05) is 12.1 Å². The van der Waals surface area contributed by atoms with Crippen LogP contribution >= 0.6 is 15.9 Å². The van der Waals surface area contributed by atoms with Crippen molar-refractivity contribution in [3.8, 4) is 5.88 Å². The summed E-state index contributed by atoms with van der Waals surface area (Å²) >= 11 is 3.32. The van der Waals surface area contributed by atoms with Gasteiger partial charge in [-0.1, -0.05) is 0 Å². The van der Waals surface area contributed by atoms with Gasteiger partial charge in [0.2, 0.25) is 21.9 Å². The first-order valence-electron chi connectivity index (χ1n) is 8.23. The topological polar surface area (TPSA) is 139 Å². The minimum atomic E-state index is -3.50. The quantitative estimate of drug-likeness (QED) is 0.478. The van der Waals surface area contributed by atoms with E-state index in [1.165, 1.54) is 25.4 Å². The van der Waals surface area contributed by atoms with Crippen LogP contribution in [0.3, 0.4) is 0 Å². The molecule has 1 aromatic heterocycles. The van der Waals surface area contributed by atoms with Crippen molar-refractivity contribution in [3.63, 3.8) is 0 Å². The van der Waals surface area contributed by atoms with Crippen LogP contribution in [0.2, 0.25) is 0 Å². The van der Waals surface area contributed by atoms with Crippen LogP contribution in [-0.4, -0.2) is 42.4 Å². The Morgan fingerprint density at radius 2 is 2.07 bits per heavy atom. The molecule has 2 atom stereocenters. The smallest absolute Gasteiger partial charge is 0.240 e. The van der Waals surface area contributed by atoms with Gasteiger partial charge in [-0.25, -0.2) is 18.1 Å². The molecule has 0 spiro atoms. The maximum atomic E-state index is 11.8. The van der Waals surface area contributed by atoms with E-state index in [0.717, 1.165) is 6.42 Å². The first-order chi connectivity index (χ1) is 12.7. The molecule has 1 fully saturated rings. The molecule has 0 aliphatic heterocycles. The summed E-state index contributed by atoms with van der Waals surface area (Å²) in [6, 6.07) is 6.13. The Balaban J connectivity index is 1.78. The zero-order valence-electron chi connectivity index (χ0n) is 14.5. The molecule has 9 nitrogen and oxygen atoms in total. The number of aliphatic hydroxyl groups is 1. The first kappa shape index (κ1) is 20.0. The number of nitrogens with one attached hydrogen (secondary N) is 2. The summed E-state index contributed by atoms with van der Waals surface area (Å²) in [5.74, 6) is 0.457. The molecule has 2 aromatic rings. The molecular formula is C16H20BrN5O4S. The van der Waals surface area contributed by atoms with E-state index >= 15 is 0 Å². The fourth-order valence-corrected chi connectivity index (χ4v) is 3.73.